The Morgan fingerprint density at radius 2 is 1.76 bits per heavy atom. The van der Waals surface area contributed by atoms with E-state index in [1.54, 1.807) is 6.92 Å². The zero-order chi connectivity index (χ0) is 13.0. The molecule has 17 heavy (non-hydrogen) atoms. The summed E-state index contributed by atoms with van der Waals surface area (Å²) >= 11 is 0. The molecule has 0 atom stereocenters. The summed E-state index contributed by atoms with van der Waals surface area (Å²) in [5.41, 5.74) is 0.936. The summed E-state index contributed by atoms with van der Waals surface area (Å²) in [5.74, 6) is -2.52. The van der Waals surface area contributed by atoms with Crippen LogP contribution in [0.3, 0.4) is 0 Å². The minimum absolute atomic E-state index is 0.0225. The second-order valence-corrected chi connectivity index (χ2v) is 3.65. The summed E-state index contributed by atoms with van der Waals surface area (Å²) in [5, 5.41) is 17.3. The van der Waals surface area contributed by atoms with Crippen molar-refractivity contribution in [2.45, 2.75) is 19.8 Å². The van der Waals surface area contributed by atoms with Gasteiger partial charge in [0.2, 0.25) is 0 Å². The number of aliphatic carboxylic acids is 1. The standard InChI is InChI=1S/C12H12O5/c1-7-2-3-8(12(16)17)6-9(7)10(13)4-5-11(14)15/h2-3,6H,4-5H2,1H3,(H,14,15)(H,16,17). The van der Waals surface area contributed by atoms with Crippen LogP contribution in [0.25, 0.3) is 0 Å². The largest absolute Gasteiger partial charge is 0.481 e. The van der Waals surface area contributed by atoms with Crippen LogP contribution in [0.5, 0.6) is 0 Å². The van der Waals surface area contributed by atoms with E-state index in [1.807, 2.05) is 0 Å². The molecular weight excluding hydrogens is 224 g/mol. The van der Waals surface area contributed by atoms with Crippen molar-refractivity contribution in [1.29, 1.82) is 0 Å². The van der Waals surface area contributed by atoms with Gasteiger partial charge in [-0.2, -0.15) is 0 Å². The Kier molecular flexibility index (Phi) is 3.98. The van der Waals surface area contributed by atoms with Gasteiger partial charge in [0.1, 0.15) is 0 Å². The molecule has 0 radical (unpaired) electrons. The number of Topliss-reactive ketones (excluding diaryl/α,β-unsaturated/α-hetero) is 1. The normalized spacial score (nSPS) is 9.94. The third-order valence-corrected chi connectivity index (χ3v) is 2.35. The van der Waals surface area contributed by atoms with E-state index in [4.69, 9.17) is 10.2 Å². The predicted molar refractivity (Wildman–Crippen MR) is 59.3 cm³/mol. The lowest BCUT2D eigenvalue weighted by Gasteiger charge is -2.05. The number of aryl methyl sites for hydroxylation is 1. The lowest BCUT2D eigenvalue weighted by molar-refractivity contribution is -0.136. The maximum absolute atomic E-state index is 11.7. The minimum atomic E-state index is -1.11. The summed E-state index contributed by atoms with van der Waals surface area (Å²) in [7, 11) is 0. The minimum Gasteiger partial charge on any atom is -0.481 e. The Morgan fingerprint density at radius 1 is 1.12 bits per heavy atom. The van der Waals surface area contributed by atoms with Crippen molar-refractivity contribution in [3.63, 3.8) is 0 Å². The molecular formula is C12H12O5. The quantitative estimate of drug-likeness (QED) is 0.760. The Balaban J connectivity index is 2.95. The molecule has 2 N–H and O–H groups in total. The Hall–Kier alpha value is -2.17. The van der Waals surface area contributed by atoms with Gasteiger partial charge in [-0.15, -0.1) is 0 Å². The van der Waals surface area contributed by atoms with E-state index in [1.165, 1.54) is 18.2 Å². The van der Waals surface area contributed by atoms with E-state index in [2.05, 4.69) is 0 Å². The average Bonchev–Trinajstić information content (AvgIpc) is 2.26. The molecule has 90 valence electrons. The summed E-state index contributed by atoms with van der Waals surface area (Å²) in [6.07, 6.45) is -0.380. The molecule has 0 heterocycles. The van der Waals surface area contributed by atoms with Gasteiger partial charge in [-0.25, -0.2) is 4.79 Å². The maximum Gasteiger partial charge on any atom is 0.335 e. The first-order chi connectivity index (χ1) is 7.91. The number of carbonyl (C=O) groups excluding carboxylic acids is 1. The smallest absolute Gasteiger partial charge is 0.335 e. The number of carboxylic acids is 2. The van der Waals surface area contributed by atoms with Gasteiger partial charge in [-0.3, -0.25) is 9.59 Å². The van der Waals surface area contributed by atoms with E-state index in [-0.39, 0.29) is 29.8 Å². The van der Waals surface area contributed by atoms with Gasteiger partial charge < -0.3 is 10.2 Å². The molecule has 5 heteroatoms. The van der Waals surface area contributed by atoms with Crippen molar-refractivity contribution in [2.75, 3.05) is 0 Å². The van der Waals surface area contributed by atoms with Crippen LogP contribution in [0, 0.1) is 6.92 Å². The van der Waals surface area contributed by atoms with Crippen molar-refractivity contribution in [2.24, 2.45) is 0 Å². The molecule has 0 saturated carbocycles. The fourth-order valence-electron chi connectivity index (χ4n) is 1.41. The second kappa shape index (κ2) is 5.25. The third kappa shape index (κ3) is 3.41. The Bertz CT molecular complexity index is 476. The van der Waals surface area contributed by atoms with Crippen molar-refractivity contribution in [1.82, 2.24) is 0 Å². The Labute approximate surface area is 97.7 Å². The average molecular weight is 236 g/mol. The lowest BCUT2D eigenvalue weighted by atomic mass is 9.99. The van der Waals surface area contributed by atoms with Crippen LogP contribution in [0.2, 0.25) is 0 Å². The first-order valence-electron chi connectivity index (χ1n) is 5.00. The highest BCUT2D eigenvalue weighted by Crippen LogP contribution is 2.14. The van der Waals surface area contributed by atoms with Crippen LogP contribution in [0.15, 0.2) is 18.2 Å². The first-order valence-corrected chi connectivity index (χ1v) is 5.00. The number of rotatable bonds is 5. The van der Waals surface area contributed by atoms with E-state index >= 15 is 0 Å². The monoisotopic (exact) mass is 236 g/mol. The van der Waals surface area contributed by atoms with Crippen LogP contribution in [0.1, 0.15) is 39.1 Å². The van der Waals surface area contributed by atoms with Gasteiger partial charge in [0.05, 0.1) is 12.0 Å². The van der Waals surface area contributed by atoms with E-state index < -0.39 is 11.9 Å². The maximum atomic E-state index is 11.7. The highest BCUT2D eigenvalue weighted by atomic mass is 16.4. The van der Waals surface area contributed by atoms with Crippen molar-refractivity contribution in [3.05, 3.63) is 34.9 Å². The fraction of sp³-hybridized carbons (Fsp3) is 0.250. The van der Waals surface area contributed by atoms with Crippen LogP contribution >= 0.6 is 0 Å². The molecule has 0 aliphatic heterocycles. The fourth-order valence-corrected chi connectivity index (χ4v) is 1.41. The molecule has 0 aliphatic rings. The van der Waals surface area contributed by atoms with Gasteiger partial charge in [0.15, 0.2) is 5.78 Å². The van der Waals surface area contributed by atoms with E-state index in [0.29, 0.717) is 5.56 Å². The number of benzene rings is 1. The molecule has 0 spiro atoms. The number of ketones is 1. The number of aromatic carboxylic acids is 1. The number of carbonyl (C=O) groups is 3. The molecule has 0 bridgehead atoms. The molecule has 0 aliphatic carbocycles. The molecule has 0 saturated heterocycles. The highest BCUT2D eigenvalue weighted by Gasteiger charge is 2.13. The molecule has 1 rings (SSSR count). The first kappa shape index (κ1) is 12.9. The lowest BCUT2D eigenvalue weighted by Crippen LogP contribution is -2.07. The summed E-state index contributed by atoms with van der Waals surface area (Å²) in [6.45, 7) is 1.68. The molecule has 0 amide bonds. The van der Waals surface area contributed by atoms with Crippen LogP contribution in [-0.2, 0) is 4.79 Å². The SMILES string of the molecule is Cc1ccc(C(=O)O)cc1C(=O)CCC(=O)O. The van der Waals surface area contributed by atoms with Gasteiger partial charge in [-0.05, 0) is 24.6 Å². The van der Waals surface area contributed by atoms with E-state index in [0.717, 1.165) is 0 Å². The van der Waals surface area contributed by atoms with Gasteiger partial charge in [0.25, 0.3) is 0 Å². The predicted octanol–water partition coefficient (Wildman–Crippen LogP) is 1.74. The Morgan fingerprint density at radius 3 is 2.29 bits per heavy atom. The summed E-state index contributed by atoms with van der Waals surface area (Å²) in [6, 6.07) is 4.23. The van der Waals surface area contributed by atoms with E-state index in [9.17, 15) is 14.4 Å². The van der Waals surface area contributed by atoms with Crippen molar-refractivity contribution in [3.8, 4) is 0 Å². The molecule has 1 aromatic rings. The van der Waals surface area contributed by atoms with Gasteiger partial charge in [0, 0.05) is 12.0 Å². The number of hydrogen-bond donors (Lipinski definition) is 2. The van der Waals surface area contributed by atoms with Crippen LogP contribution < -0.4 is 0 Å². The van der Waals surface area contributed by atoms with Crippen molar-refractivity contribution >= 4 is 17.7 Å². The number of hydrogen-bond acceptors (Lipinski definition) is 3. The molecule has 0 fully saturated rings. The third-order valence-electron chi connectivity index (χ3n) is 2.35. The molecule has 0 unspecified atom stereocenters. The second-order valence-electron chi connectivity index (χ2n) is 3.65. The topological polar surface area (TPSA) is 91.7 Å². The van der Waals surface area contributed by atoms with Crippen LogP contribution in [0.4, 0.5) is 0 Å². The zero-order valence-corrected chi connectivity index (χ0v) is 9.27. The van der Waals surface area contributed by atoms with Gasteiger partial charge >= 0.3 is 11.9 Å². The summed E-state index contributed by atoms with van der Waals surface area (Å²) < 4.78 is 0. The van der Waals surface area contributed by atoms with Crippen molar-refractivity contribution < 1.29 is 24.6 Å². The number of carboxylic acid groups (broad SMARTS) is 2. The van der Waals surface area contributed by atoms with Gasteiger partial charge in [-0.1, -0.05) is 6.07 Å². The summed E-state index contributed by atoms with van der Waals surface area (Å²) in [4.78, 5) is 32.8. The highest BCUT2D eigenvalue weighted by molar-refractivity contribution is 6.00. The molecule has 5 nitrogen and oxygen atoms in total. The molecule has 0 aromatic heterocycles. The molecule has 1 aromatic carbocycles. The van der Waals surface area contributed by atoms with Crippen LogP contribution in [-0.4, -0.2) is 27.9 Å². The zero-order valence-electron chi connectivity index (χ0n) is 9.27.